The van der Waals surface area contributed by atoms with Gasteiger partial charge in [-0.05, 0) is 26.9 Å². The monoisotopic (exact) mass is 315 g/mol. The summed E-state index contributed by atoms with van der Waals surface area (Å²) in [5.41, 5.74) is 5.58. The number of nitrogens with two attached hydrogens (primary N) is 1. The molecule has 1 rings (SSSR count). The molecule has 0 radical (unpaired) electrons. The lowest BCUT2D eigenvalue weighted by Crippen LogP contribution is -2.53. The van der Waals surface area contributed by atoms with Crippen LogP contribution in [0.3, 0.4) is 0 Å². The molecule has 0 heterocycles. The molecule has 1 unspecified atom stereocenters. The number of methoxy groups -OCH3 is 1. The zero-order chi connectivity index (χ0) is 12.9. The highest BCUT2D eigenvalue weighted by molar-refractivity contribution is 5.85. The number of hydrogen-bond donors (Lipinski definition) is 2. The third kappa shape index (κ3) is 5.44. The van der Waals surface area contributed by atoms with E-state index in [1.54, 1.807) is 0 Å². The van der Waals surface area contributed by atoms with Gasteiger partial charge in [0.2, 0.25) is 0 Å². The Balaban J connectivity index is 0. The summed E-state index contributed by atoms with van der Waals surface area (Å²) in [5.74, 6) is -0.108. The normalized spacial score (nSPS) is 18.4. The maximum Gasteiger partial charge on any atom is 0.250 e. The SMILES string of the molecule is COC(CN)C(=O)NCC1(N(C)C)CCCC1.Cl.Cl. The second-order valence-electron chi connectivity index (χ2n) is 5.00. The van der Waals surface area contributed by atoms with E-state index in [2.05, 4.69) is 24.3 Å². The summed E-state index contributed by atoms with van der Waals surface area (Å²) in [6.07, 6.45) is 4.22. The van der Waals surface area contributed by atoms with Crippen molar-refractivity contribution in [2.45, 2.75) is 37.3 Å². The minimum Gasteiger partial charge on any atom is -0.370 e. The van der Waals surface area contributed by atoms with Crippen LogP contribution in [0.15, 0.2) is 0 Å². The molecule has 0 bridgehead atoms. The van der Waals surface area contributed by atoms with Crippen molar-refractivity contribution in [1.29, 1.82) is 0 Å². The molecule has 1 aliphatic rings. The molecule has 5 nitrogen and oxygen atoms in total. The molecule has 0 aromatic carbocycles. The molecule has 0 aromatic rings. The highest BCUT2D eigenvalue weighted by Gasteiger charge is 2.36. The Labute approximate surface area is 128 Å². The molecule has 1 fully saturated rings. The van der Waals surface area contributed by atoms with Crippen LogP contribution in [0.25, 0.3) is 0 Å². The van der Waals surface area contributed by atoms with Crippen molar-refractivity contribution in [3.05, 3.63) is 0 Å². The summed E-state index contributed by atoms with van der Waals surface area (Å²) < 4.78 is 5.02. The molecule has 1 amide bonds. The first-order chi connectivity index (χ1) is 8.05. The molecule has 0 aliphatic heterocycles. The van der Waals surface area contributed by atoms with E-state index >= 15 is 0 Å². The van der Waals surface area contributed by atoms with Crippen LogP contribution in [0.1, 0.15) is 25.7 Å². The van der Waals surface area contributed by atoms with Crippen molar-refractivity contribution in [3.8, 4) is 0 Å². The topological polar surface area (TPSA) is 67.6 Å². The number of hydrogen-bond acceptors (Lipinski definition) is 4. The molecular weight excluding hydrogens is 289 g/mol. The Morgan fingerprint density at radius 2 is 1.89 bits per heavy atom. The van der Waals surface area contributed by atoms with E-state index in [9.17, 15) is 4.79 Å². The van der Waals surface area contributed by atoms with Gasteiger partial charge in [0, 0.05) is 25.7 Å². The number of carbonyl (C=O) groups is 1. The minimum atomic E-state index is -0.532. The van der Waals surface area contributed by atoms with Gasteiger partial charge in [-0.25, -0.2) is 0 Å². The molecule has 0 aromatic heterocycles. The van der Waals surface area contributed by atoms with Crippen molar-refractivity contribution < 1.29 is 9.53 Å². The van der Waals surface area contributed by atoms with Gasteiger partial charge in [-0.15, -0.1) is 24.8 Å². The predicted molar refractivity (Wildman–Crippen MR) is 82.2 cm³/mol. The van der Waals surface area contributed by atoms with E-state index in [1.807, 2.05) is 0 Å². The average molecular weight is 316 g/mol. The number of nitrogens with one attached hydrogen (secondary N) is 1. The van der Waals surface area contributed by atoms with Gasteiger partial charge in [-0.1, -0.05) is 12.8 Å². The zero-order valence-electron chi connectivity index (χ0n) is 12.0. The summed E-state index contributed by atoms with van der Waals surface area (Å²) in [5, 5.41) is 2.96. The number of likely N-dealkylation sites (N-methyl/N-ethyl adjacent to an activating group) is 1. The van der Waals surface area contributed by atoms with Gasteiger partial charge in [0.15, 0.2) is 0 Å². The van der Waals surface area contributed by atoms with Crippen LogP contribution < -0.4 is 11.1 Å². The lowest BCUT2D eigenvalue weighted by atomic mass is 9.96. The van der Waals surface area contributed by atoms with E-state index < -0.39 is 6.10 Å². The highest BCUT2D eigenvalue weighted by Crippen LogP contribution is 2.33. The van der Waals surface area contributed by atoms with E-state index in [4.69, 9.17) is 10.5 Å². The number of halogens is 2. The number of carbonyl (C=O) groups excluding carboxylic acids is 1. The van der Waals surface area contributed by atoms with E-state index in [0.717, 1.165) is 12.8 Å². The molecule has 7 heteroatoms. The van der Waals surface area contributed by atoms with Gasteiger partial charge in [-0.2, -0.15) is 0 Å². The summed E-state index contributed by atoms with van der Waals surface area (Å²) in [7, 11) is 5.66. The summed E-state index contributed by atoms with van der Waals surface area (Å²) >= 11 is 0. The molecule has 1 aliphatic carbocycles. The van der Waals surface area contributed by atoms with Gasteiger partial charge in [0.25, 0.3) is 5.91 Å². The summed E-state index contributed by atoms with van der Waals surface area (Å²) in [6, 6.07) is 0. The van der Waals surface area contributed by atoms with Crippen LogP contribution >= 0.6 is 24.8 Å². The molecular formula is C12H27Cl2N3O2. The molecule has 0 saturated heterocycles. The van der Waals surface area contributed by atoms with Crippen molar-refractivity contribution in [1.82, 2.24) is 10.2 Å². The molecule has 116 valence electrons. The van der Waals surface area contributed by atoms with Crippen LogP contribution in [0.4, 0.5) is 0 Å². The largest absolute Gasteiger partial charge is 0.370 e. The number of amides is 1. The summed E-state index contributed by atoms with van der Waals surface area (Å²) in [6.45, 7) is 0.899. The van der Waals surface area contributed by atoms with E-state index in [0.29, 0.717) is 6.54 Å². The quantitative estimate of drug-likeness (QED) is 0.760. The fourth-order valence-electron chi connectivity index (χ4n) is 2.49. The number of ether oxygens (including phenoxy) is 1. The lowest BCUT2D eigenvalue weighted by Gasteiger charge is -2.36. The Kier molecular flexibility index (Phi) is 10.9. The standard InChI is InChI=1S/C12H25N3O2.2ClH/c1-15(2)12(6-4-5-7-12)9-14-11(16)10(8-13)17-3;;/h10H,4-9,13H2,1-3H3,(H,14,16);2*1H. The fraction of sp³-hybridized carbons (Fsp3) is 0.917. The smallest absolute Gasteiger partial charge is 0.250 e. The maximum absolute atomic E-state index is 11.8. The highest BCUT2D eigenvalue weighted by atomic mass is 35.5. The van der Waals surface area contributed by atoms with Crippen LogP contribution in [-0.2, 0) is 9.53 Å². The first kappa shape index (κ1) is 21.2. The van der Waals surface area contributed by atoms with Crippen molar-refractivity contribution >= 4 is 30.7 Å². The predicted octanol–water partition coefficient (Wildman–Crippen LogP) is 0.794. The third-order valence-electron chi connectivity index (χ3n) is 3.87. The van der Waals surface area contributed by atoms with Crippen LogP contribution in [0.2, 0.25) is 0 Å². The Morgan fingerprint density at radius 1 is 1.37 bits per heavy atom. The molecule has 1 saturated carbocycles. The number of nitrogens with zero attached hydrogens (tertiary/aromatic N) is 1. The Morgan fingerprint density at radius 3 is 2.26 bits per heavy atom. The Bertz CT molecular complexity index is 255. The van der Waals surface area contributed by atoms with Crippen LogP contribution in [-0.4, -0.2) is 56.7 Å². The maximum atomic E-state index is 11.8. The average Bonchev–Trinajstić information content (AvgIpc) is 2.78. The Hall–Kier alpha value is -0.0700. The lowest BCUT2D eigenvalue weighted by molar-refractivity contribution is -0.131. The van der Waals surface area contributed by atoms with E-state index in [1.165, 1.54) is 20.0 Å². The first-order valence-corrected chi connectivity index (χ1v) is 6.24. The summed E-state index contributed by atoms with van der Waals surface area (Å²) in [4.78, 5) is 14.0. The fourth-order valence-corrected chi connectivity index (χ4v) is 2.49. The van der Waals surface area contributed by atoms with Crippen LogP contribution in [0.5, 0.6) is 0 Å². The first-order valence-electron chi connectivity index (χ1n) is 6.24. The van der Waals surface area contributed by atoms with Crippen molar-refractivity contribution in [3.63, 3.8) is 0 Å². The number of rotatable bonds is 6. The zero-order valence-corrected chi connectivity index (χ0v) is 13.6. The molecule has 0 spiro atoms. The van der Waals surface area contributed by atoms with Gasteiger partial charge in [0.1, 0.15) is 6.10 Å². The van der Waals surface area contributed by atoms with Gasteiger partial charge in [-0.3, -0.25) is 4.79 Å². The van der Waals surface area contributed by atoms with Gasteiger partial charge in [0.05, 0.1) is 0 Å². The molecule has 3 N–H and O–H groups in total. The third-order valence-corrected chi connectivity index (χ3v) is 3.87. The minimum absolute atomic E-state index is 0. The second kappa shape index (κ2) is 9.77. The van der Waals surface area contributed by atoms with Crippen LogP contribution in [0, 0.1) is 0 Å². The molecule has 1 atom stereocenters. The van der Waals surface area contributed by atoms with E-state index in [-0.39, 0.29) is 42.8 Å². The molecule has 19 heavy (non-hydrogen) atoms. The van der Waals surface area contributed by atoms with Gasteiger partial charge >= 0.3 is 0 Å². The van der Waals surface area contributed by atoms with Crippen molar-refractivity contribution in [2.75, 3.05) is 34.3 Å². The van der Waals surface area contributed by atoms with Gasteiger partial charge < -0.3 is 20.7 Å². The van der Waals surface area contributed by atoms with Crippen molar-refractivity contribution in [2.24, 2.45) is 5.73 Å². The second-order valence-corrected chi connectivity index (χ2v) is 5.00.